The topological polar surface area (TPSA) is 15.3 Å². The van der Waals surface area contributed by atoms with Gasteiger partial charge in [0, 0.05) is 25.7 Å². The van der Waals surface area contributed by atoms with Gasteiger partial charge in [-0.05, 0) is 19.0 Å². The number of benzene rings is 1. The molecule has 1 fully saturated rings. The molecule has 0 aliphatic carbocycles. The Morgan fingerprint density at radius 1 is 1.47 bits per heavy atom. The van der Waals surface area contributed by atoms with Gasteiger partial charge < -0.3 is 10.2 Å². The highest BCUT2D eigenvalue weighted by Crippen LogP contribution is 2.17. The van der Waals surface area contributed by atoms with Gasteiger partial charge in [0.15, 0.2) is 0 Å². The predicted octanol–water partition coefficient (Wildman–Crippen LogP) is 1.96. The van der Waals surface area contributed by atoms with E-state index >= 15 is 0 Å². The van der Waals surface area contributed by atoms with Crippen molar-refractivity contribution in [1.29, 1.82) is 0 Å². The first-order chi connectivity index (χ1) is 7.29. The molecule has 1 atom stereocenters. The first-order valence-corrected chi connectivity index (χ1v) is 5.82. The first kappa shape index (κ1) is 10.7. The molecule has 1 unspecified atom stereocenters. The molecular weight excluding hydrogens is 184 g/mol. The number of nitrogens with zero attached hydrogens (tertiary/aromatic N) is 1. The van der Waals surface area contributed by atoms with E-state index in [0.29, 0.717) is 6.04 Å². The minimum Gasteiger partial charge on any atom is -0.308 e. The van der Waals surface area contributed by atoms with E-state index in [9.17, 15) is 0 Å². The molecule has 2 nitrogen and oxygen atoms in total. The Morgan fingerprint density at radius 3 is 3.07 bits per heavy atom. The zero-order chi connectivity index (χ0) is 10.7. The van der Waals surface area contributed by atoms with E-state index in [2.05, 4.69) is 48.3 Å². The third-order valence-electron chi connectivity index (χ3n) is 3.15. The molecule has 2 heteroatoms. The van der Waals surface area contributed by atoms with Gasteiger partial charge in [0.05, 0.1) is 0 Å². The van der Waals surface area contributed by atoms with E-state index in [4.69, 9.17) is 0 Å². The van der Waals surface area contributed by atoms with Gasteiger partial charge in [0.1, 0.15) is 0 Å². The SMILES string of the molecule is CCN1CCNC(c2cccc(C)c2)C1. The molecule has 1 aliphatic heterocycles. The fourth-order valence-electron chi connectivity index (χ4n) is 2.21. The minimum atomic E-state index is 0.513. The summed E-state index contributed by atoms with van der Waals surface area (Å²) in [5, 5.41) is 3.59. The van der Waals surface area contributed by atoms with Gasteiger partial charge in [0.25, 0.3) is 0 Å². The van der Waals surface area contributed by atoms with Crippen LogP contribution in [0.3, 0.4) is 0 Å². The number of rotatable bonds is 2. The zero-order valence-corrected chi connectivity index (χ0v) is 9.66. The molecule has 0 radical (unpaired) electrons. The summed E-state index contributed by atoms with van der Waals surface area (Å²) in [5.74, 6) is 0. The molecule has 1 aromatic rings. The second-order valence-corrected chi connectivity index (χ2v) is 4.31. The van der Waals surface area contributed by atoms with E-state index in [0.717, 1.165) is 19.6 Å². The smallest absolute Gasteiger partial charge is 0.0449 e. The van der Waals surface area contributed by atoms with Crippen LogP contribution in [0.5, 0.6) is 0 Å². The van der Waals surface area contributed by atoms with E-state index in [1.807, 2.05) is 0 Å². The lowest BCUT2D eigenvalue weighted by atomic mass is 10.0. The summed E-state index contributed by atoms with van der Waals surface area (Å²) in [7, 11) is 0. The summed E-state index contributed by atoms with van der Waals surface area (Å²) in [4.78, 5) is 2.50. The van der Waals surface area contributed by atoms with Gasteiger partial charge in [-0.25, -0.2) is 0 Å². The number of piperazine rings is 1. The third kappa shape index (κ3) is 2.58. The number of aryl methyl sites for hydroxylation is 1. The number of likely N-dealkylation sites (N-methyl/N-ethyl adjacent to an activating group) is 1. The monoisotopic (exact) mass is 204 g/mol. The fraction of sp³-hybridized carbons (Fsp3) is 0.538. The van der Waals surface area contributed by atoms with Crippen molar-refractivity contribution in [2.45, 2.75) is 19.9 Å². The lowest BCUT2D eigenvalue weighted by molar-refractivity contribution is 0.210. The van der Waals surface area contributed by atoms with Crippen LogP contribution in [0.4, 0.5) is 0 Å². The number of hydrogen-bond acceptors (Lipinski definition) is 2. The van der Waals surface area contributed by atoms with Gasteiger partial charge in [-0.15, -0.1) is 0 Å². The Morgan fingerprint density at radius 2 is 2.33 bits per heavy atom. The fourth-order valence-corrected chi connectivity index (χ4v) is 2.21. The summed E-state index contributed by atoms with van der Waals surface area (Å²) in [6.07, 6.45) is 0. The lowest BCUT2D eigenvalue weighted by Gasteiger charge is -2.33. The normalized spacial score (nSPS) is 22.9. The molecule has 0 bridgehead atoms. The molecule has 0 amide bonds. The van der Waals surface area contributed by atoms with E-state index < -0.39 is 0 Å². The van der Waals surface area contributed by atoms with Crippen LogP contribution in [0.25, 0.3) is 0 Å². The largest absolute Gasteiger partial charge is 0.308 e. The summed E-state index contributed by atoms with van der Waals surface area (Å²) in [5.41, 5.74) is 2.77. The summed E-state index contributed by atoms with van der Waals surface area (Å²) < 4.78 is 0. The summed E-state index contributed by atoms with van der Waals surface area (Å²) in [6.45, 7) is 8.97. The second-order valence-electron chi connectivity index (χ2n) is 4.31. The van der Waals surface area contributed by atoms with Crippen molar-refractivity contribution in [3.63, 3.8) is 0 Å². The Balaban J connectivity index is 2.09. The molecule has 1 aliphatic rings. The van der Waals surface area contributed by atoms with Gasteiger partial charge in [-0.2, -0.15) is 0 Å². The van der Waals surface area contributed by atoms with Crippen molar-refractivity contribution in [2.24, 2.45) is 0 Å². The van der Waals surface area contributed by atoms with E-state index in [-0.39, 0.29) is 0 Å². The highest BCUT2D eigenvalue weighted by Gasteiger charge is 2.19. The zero-order valence-electron chi connectivity index (χ0n) is 9.66. The molecule has 82 valence electrons. The number of hydrogen-bond donors (Lipinski definition) is 1. The Kier molecular flexibility index (Phi) is 3.39. The molecule has 1 aromatic carbocycles. The van der Waals surface area contributed by atoms with Crippen molar-refractivity contribution in [3.8, 4) is 0 Å². The lowest BCUT2D eigenvalue weighted by Crippen LogP contribution is -2.45. The van der Waals surface area contributed by atoms with Gasteiger partial charge in [-0.1, -0.05) is 36.8 Å². The van der Waals surface area contributed by atoms with Crippen molar-refractivity contribution < 1.29 is 0 Å². The average Bonchev–Trinajstić information content (AvgIpc) is 2.29. The van der Waals surface area contributed by atoms with Crippen molar-refractivity contribution in [2.75, 3.05) is 26.2 Å². The summed E-state index contributed by atoms with van der Waals surface area (Å²) in [6, 6.07) is 9.33. The molecule has 2 rings (SSSR count). The van der Waals surface area contributed by atoms with Crippen LogP contribution in [-0.2, 0) is 0 Å². The van der Waals surface area contributed by atoms with Crippen molar-refractivity contribution in [3.05, 3.63) is 35.4 Å². The molecular formula is C13H20N2. The van der Waals surface area contributed by atoms with Crippen LogP contribution < -0.4 is 5.32 Å². The second kappa shape index (κ2) is 4.77. The van der Waals surface area contributed by atoms with Crippen LogP contribution in [0.15, 0.2) is 24.3 Å². The number of nitrogens with one attached hydrogen (secondary N) is 1. The maximum atomic E-state index is 3.59. The predicted molar refractivity (Wildman–Crippen MR) is 64.0 cm³/mol. The van der Waals surface area contributed by atoms with Crippen molar-refractivity contribution >= 4 is 0 Å². The maximum absolute atomic E-state index is 3.59. The highest BCUT2D eigenvalue weighted by molar-refractivity contribution is 5.25. The third-order valence-corrected chi connectivity index (χ3v) is 3.15. The standard InChI is InChI=1S/C13H20N2/c1-3-15-8-7-14-13(10-15)12-6-4-5-11(2)9-12/h4-6,9,13-14H,3,7-8,10H2,1-2H3. The molecule has 0 saturated carbocycles. The Bertz CT molecular complexity index is 322. The van der Waals surface area contributed by atoms with Crippen LogP contribution in [0, 0.1) is 6.92 Å². The minimum absolute atomic E-state index is 0.513. The molecule has 1 N–H and O–H groups in total. The highest BCUT2D eigenvalue weighted by atomic mass is 15.2. The molecule has 0 spiro atoms. The van der Waals surface area contributed by atoms with E-state index in [1.165, 1.54) is 17.7 Å². The quantitative estimate of drug-likeness (QED) is 0.792. The van der Waals surface area contributed by atoms with E-state index in [1.54, 1.807) is 0 Å². The Labute approximate surface area is 92.3 Å². The van der Waals surface area contributed by atoms with Gasteiger partial charge in [0.2, 0.25) is 0 Å². The van der Waals surface area contributed by atoms with Crippen molar-refractivity contribution in [1.82, 2.24) is 10.2 Å². The maximum Gasteiger partial charge on any atom is 0.0449 e. The van der Waals surface area contributed by atoms with Crippen LogP contribution >= 0.6 is 0 Å². The molecule has 1 saturated heterocycles. The molecule has 15 heavy (non-hydrogen) atoms. The Hall–Kier alpha value is -0.860. The van der Waals surface area contributed by atoms with Gasteiger partial charge >= 0.3 is 0 Å². The first-order valence-electron chi connectivity index (χ1n) is 5.82. The van der Waals surface area contributed by atoms with Crippen LogP contribution in [0.1, 0.15) is 24.1 Å². The van der Waals surface area contributed by atoms with Crippen LogP contribution in [-0.4, -0.2) is 31.1 Å². The van der Waals surface area contributed by atoms with Crippen LogP contribution in [0.2, 0.25) is 0 Å². The molecule has 0 aromatic heterocycles. The molecule has 1 heterocycles. The summed E-state index contributed by atoms with van der Waals surface area (Å²) >= 11 is 0. The average molecular weight is 204 g/mol. The van der Waals surface area contributed by atoms with Gasteiger partial charge in [-0.3, -0.25) is 0 Å².